The van der Waals surface area contributed by atoms with Gasteiger partial charge in [-0.05, 0) is 0 Å². The molecule has 25 atom stereocenters. The number of ether oxygens (including phenoxy) is 9. The molecule has 5 fully saturated rings. The van der Waals surface area contributed by atoms with Crippen molar-refractivity contribution in [3.8, 4) is 0 Å². The summed E-state index contributed by atoms with van der Waals surface area (Å²) in [7, 11) is 0. The minimum absolute atomic E-state index is 0.840. The van der Waals surface area contributed by atoms with Crippen LogP contribution in [-0.4, -0.2) is 273 Å². The van der Waals surface area contributed by atoms with Crippen molar-refractivity contribution in [3.63, 3.8) is 0 Å². The molecule has 5 rings (SSSR count). The first-order chi connectivity index (χ1) is 26.5. The standard InChI is InChI=1S/C30H52O26/c31-1-6(36)21-12(38)17(43)27(53-21)49-8(3-33)23-14(40)19(45)29(55-23)51-10(5-35)25-15(41)20(46)30(56-25)50-9(4-34)24-13(39)18(44)28(54-24)48-7(2-32)22-11(37)16(42)26(47)52-22/h6-47H,1-5H2/t6-,7-,8-,9-,10-,11-,12-,13-,14-,15-,16-,17-,18-,19-,20-,21+,22+,23+,24+,25+,26?,27-,28-,29-,30-/m1/s1. The molecule has 0 aromatic rings. The molecule has 0 aliphatic carbocycles. The second kappa shape index (κ2) is 19.6. The quantitative estimate of drug-likeness (QED) is 0.0610. The van der Waals surface area contributed by atoms with Gasteiger partial charge in [-0.15, -0.1) is 0 Å². The lowest BCUT2D eigenvalue weighted by Crippen LogP contribution is -2.46. The lowest BCUT2D eigenvalue weighted by atomic mass is 10.0. The first kappa shape index (κ1) is 46.0. The summed E-state index contributed by atoms with van der Waals surface area (Å²) in [5.74, 6) is 0. The maximum absolute atomic E-state index is 10.8. The fraction of sp³-hybridized carbons (Fsp3) is 1.00. The predicted octanol–water partition coefficient (Wildman–Crippen LogP) is -11.9. The minimum Gasteiger partial charge on any atom is -0.394 e. The molecule has 5 aliphatic heterocycles. The summed E-state index contributed by atoms with van der Waals surface area (Å²) >= 11 is 0. The highest BCUT2D eigenvalue weighted by Crippen LogP contribution is 2.35. The summed E-state index contributed by atoms with van der Waals surface area (Å²) in [6, 6.07) is 0. The minimum atomic E-state index is -1.94. The van der Waals surface area contributed by atoms with Crippen LogP contribution in [-0.2, 0) is 42.6 Å². The summed E-state index contributed by atoms with van der Waals surface area (Å²) in [4.78, 5) is 0. The van der Waals surface area contributed by atoms with Crippen molar-refractivity contribution < 1.29 is 129 Å². The molecule has 0 saturated carbocycles. The number of aliphatic hydroxyl groups excluding tert-OH is 17. The van der Waals surface area contributed by atoms with Gasteiger partial charge in [0.1, 0.15) is 122 Å². The molecule has 0 radical (unpaired) electrons. The van der Waals surface area contributed by atoms with Crippen LogP contribution in [0.2, 0.25) is 0 Å². The van der Waals surface area contributed by atoms with Crippen LogP contribution in [0.3, 0.4) is 0 Å². The van der Waals surface area contributed by atoms with Gasteiger partial charge in [0.15, 0.2) is 31.5 Å². The summed E-state index contributed by atoms with van der Waals surface area (Å²) in [6.45, 7) is -4.61. The van der Waals surface area contributed by atoms with Gasteiger partial charge in [-0.1, -0.05) is 0 Å². The summed E-state index contributed by atoms with van der Waals surface area (Å²) in [5, 5.41) is 173. The van der Waals surface area contributed by atoms with Crippen LogP contribution in [0.1, 0.15) is 0 Å². The van der Waals surface area contributed by atoms with Crippen molar-refractivity contribution in [3.05, 3.63) is 0 Å². The molecule has 17 N–H and O–H groups in total. The molecule has 26 heteroatoms. The Morgan fingerprint density at radius 2 is 0.571 bits per heavy atom. The van der Waals surface area contributed by atoms with Crippen LogP contribution in [0.25, 0.3) is 0 Å². The van der Waals surface area contributed by atoms with Gasteiger partial charge in [0.2, 0.25) is 0 Å². The maximum Gasteiger partial charge on any atom is 0.187 e. The van der Waals surface area contributed by atoms with E-state index >= 15 is 0 Å². The Morgan fingerprint density at radius 1 is 0.321 bits per heavy atom. The largest absolute Gasteiger partial charge is 0.394 e. The van der Waals surface area contributed by atoms with E-state index in [0.717, 1.165) is 0 Å². The third-order valence-electron chi connectivity index (χ3n) is 10.3. The van der Waals surface area contributed by atoms with Crippen molar-refractivity contribution >= 4 is 0 Å². The van der Waals surface area contributed by atoms with Crippen LogP contribution in [0.4, 0.5) is 0 Å². The Hall–Kier alpha value is -1.04. The average molecular weight is 829 g/mol. The Morgan fingerprint density at radius 3 is 0.821 bits per heavy atom. The zero-order valence-electron chi connectivity index (χ0n) is 29.2. The molecule has 0 amide bonds. The van der Waals surface area contributed by atoms with Gasteiger partial charge in [0.05, 0.1) is 33.0 Å². The van der Waals surface area contributed by atoms with Crippen LogP contribution < -0.4 is 0 Å². The smallest absolute Gasteiger partial charge is 0.187 e. The van der Waals surface area contributed by atoms with Crippen LogP contribution in [0.5, 0.6) is 0 Å². The van der Waals surface area contributed by atoms with Gasteiger partial charge in [-0.3, -0.25) is 0 Å². The average Bonchev–Trinajstić information content (AvgIpc) is 3.91. The summed E-state index contributed by atoms with van der Waals surface area (Å²) in [5.41, 5.74) is 0. The molecule has 0 spiro atoms. The lowest BCUT2D eigenvalue weighted by Gasteiger charge is -2.30. The van der Waals surface area contributed by atoms with Crippen LogP contribution >= 0.6 is 0 Å². The van der Waals surface area contributed by atoms with E-state index < -0.39 is 187 Å². The highest BCUT2D eigenvalue weighted by atomic mass is 16.8. The fourth-order valence-electron chi connectivity index (χ4n) is 7.06. The third kappa shape index (κ3) is 9.16. The SMILES string of the molecule is OC[C@@H](O)[C@@H]1O[C@@H](O[C@H](CO)[C@@H]2O[C@@H](O[C@H](CO)[C@@H]3O[C@@H](O[C@H](CO)[C@@H]4O[C@@H](O[C@H](CO)[C@@H]5OC(O)[C@H](O)[C@H]5O)[C@H](O)[C@H]4O)[C@H](O)[C@H]3O)[C@H](O)[C@H]2O)[C@H](O)[C@H]1O. The Balaban J connectivity index is 1.19. The van der Waals surface area contributed by atoms with Gasteiger partial charge in [-0.25, -0.2) is 0 Å². The topological polar surface area (TPSA) is 427 Å². The van der Waals surface area contributed by atoms with E-state index in [4.69, 9.17) is 47.7 Å². The van der Waals surface area contributed by atoms with E-state index in [1.807, 2.05) is 0 Å². The Labute approximate surface area is 316 Å². The molecule has 56 heavy (non-hydrogen) atoms. The Bertz CT molecular complexity index is 1210. The molecule has 328 valence electrons. The molecule has 0 aromatic heterocycles. The number of hydrogen-bond acceptors (Lipinski definition) is 26. The third-order valence-corrected chi connectivity index (χ3v) is 10.3. The molecule has 0 aromatic carbocycles. The highest BCUT2D eigenvalue weighted by Gasteiger charge is 2.56. The van der Waals surface area contributed by atoms with Gasteiger partial charge in [-0.2, -0.15) is 0 Å². The first-order valence-corrected chi connectivity index (χ1v) is 17.6. The molecule has 5 heterocycles. The van der Waals surface area contributed by atoms with E-state index in [0.29, 0.717) is 0 Å². The van der Waals surface area contributed by atoms with Crippen molar-refractivity contribution in [1.29, 1.82) is 0 Å². The van der Waals surface area contributed by atoms with E-state index in [2.05, 4.69) is 0 Å². The summed E-state index contributed by atoms with van der Waals surface area (Å²) in [6.07, 6.45) is -43.4. The van der Waals surface area contributed by atoms with Crippen molar-refractivity contribution in [1.82, 2.24) is 0 Å². The van der Waals surface area contributed by atoms with Gasteiger partial charge in [0.25, 0.3) is 0 Å². The monoisotopic (exact) mass is 828 g/mol. The Kier molecular flexibility index (Phi) is 16.1. The lowest BCUT2D eigenvalue weighted by molar-refractivity contribution is -0.272. The highest BCUT2D eigenvalue weighted by molar-refractivity contribution is 4.99. The summed E-state index contributed by atoms with van der Waals surface area (Å²) < 4.78 is 49.0. The fourth-order valence-corrected chi connectivity index (χ4v) is 7.06. The molecular weight excluding hydrogens is 776 g/mol. The van der Waals surface area contributed by atoms with E-state index in [1.54, 1.807) is 0 Å². The van der Waals surface area contributed by atoms with E-state index in [9.17, 15) is 81.7 Å². The molecule has 5 aliphatic rings. The number of rotatable bonds is 18. The van der Waals surface area contributed by atoms with E-state index in [1.165, 1.54) is 0 Å². The predicted molar refractivity (Wildman–Crippen MR) is 167 cm³/mol. The maximum atomic E-state index is 10.8. The second-order valence-electron chi connectivity index (χ2n) is 14.0. The normalized spacial score (nSPS) is 48.4. The molecular formula is C30H52O26. The van der Waals surface area contributed by atoms with Gasteiger partial charge >= 0.3 is 0 Å². The molecule has 5 saturated heterocycles. The van der Waals surface area contributed by atoms with Crippen LogP contribution in [0.15, 0.2) is 0 Å². The van der Waals surface area contributed by atoms with E-state index in [-0.39, 0.29) is 0 Å². The first-order valence-electron chi connectivity index (χ1n) is 17.6. The van der Waals surface area contributed by atoms with Gasteiger partial charge < -0.3 is 129 Å². The second-order valence-corrected chi connectivity index (χ2v) is 14.0. The van der Waals surface area contributed by atoms with Crippen LogP contribution in [0, 0.1) is 0 Å². The van der Waals surface area contributed by atoms with Crippen molar-refractivity contribution in [2.24, 2.45) is 0 Å². The van der Waals surface area contributed by atoms with Gasteiger partial charge in [0, 0.05) is 0 Å². The van der Waals surface area contributed by atoms with Crippen molar-refractivity contribution in [2.75, 3.05) is 33.0 Å². The molecule has 0 bridgehead atoms. The zero-order valence-corrected chi connectivity index (χ0v) is 29.2. The number of aliphatic hydroxyl groups is 17. The number of hydrogen-bond donors (Lipinski definition) is 17. The van der Waals surface area contributed by atoms with Crippen molar-refractivity contribution in [2.45, 2.75) is 154 Å². The zero-order chi connectivity index (χ0) is 41.3. The molecule has 26 nitrogen and oxygen atoms in total. The molecule has 1 unspecified atom stereocenters.